The first kappa shape index (κ1) is 26.2. The molecule has 0 radical (unpaired) electrons. The zero-order chi connectivity index (χ0) is 27.4. The summed E-state index contributed by atoms with van der Waals surface area (Å²) < 4.78 is 4.71. The topological polar surface area (TPSA) is 179 Å². The third-order valence-corrected chi connectivity index (χ3v) is 7.08. The fourth-order valence-electron chi connectivity index (χ4n) is 5.09. The molecule has 39 heavy (non-hydrogen) atoms. The predicted molar refractivity (Wildman–Crippen MR) is 136 cm³/mol. The number of carbonyl (C=O) groups excluding carboxylic acids is 4. The molecule has 2 aromatic carbocycles. The number of H-pyrrole nitrogens is 1. The van der Waals surface area contributed by atoms with Crippen molar-refractivity contribution in [1.29, 1.82) is 0 Å². The molecule has 1 unspecified atom stereocenters. The van der Waals surface area contributed by atoms with Gasteiger partial charge < -0.3 is 25.4 Å². The van der Waals surface area contributed by atoms with E-state index in [-0.39, 0.29) is 19.3 Å². The van der Waals surface area contributed by atoms with E-state index in [0.29, 0.717) is 30.8 Å². The predicted octanol–water partition coefficient (Wildman–Crippen LogP) is 0.215. The molecule has 2 aliphatic rings. The summed E-state index contributed by atoms with van der Waals surface area (Å²) in [7, 11) is 0. The first-order valence-corrected chi connectivity index (χ1v) is 12.9. The van der Waals surface area contributed by atoms with Crippen LogP contribution in [0.3, 0.4) is 0 Å². The van der Waals surface area contributed by atoms with E-state index in [1.165, 1.54) is 4.90 Å². The number of carbonyl (C=O) groups is 4. The lowest BCUT2D eigenvalue weighted by Crippen LogP contribution is -2.59. The Morgan fingerprint density at radius 3 is 2.74 bits per heavy atom. The summed E-state index contributed by atoms with van der Waals surface area (Å²) in [5, 5.41) is 30.9. The molecule has 5 rings (SSSR count). The van der Waals surface area contributed by atoms with Gasteiger partial charge in [-0.2, -0.15) is 5.21 Å². The molecule has 13 nitrogen and oxygen atoms in total. The van der Waals surface area contributed by atoms with Gasteiger partial charge in [-0.25, -0.2) is 0 Å². The molecule has 3 heterocycles. The molecular weight excluding hydrogens is 506 g/mol. The van der Waals surface area contributed by atoms with Crippen LogP contribution in [-0.2, 0) is 25.5 Å². The summed E-state index contributed by atoms with van der Waals surface area (Å²) in [6, 6.07) is 10.2. The highest BCUT2D eigenvalue weighted by atomic mass is 16.6. The van der Waals surface area contributed by atoms with Gasteiger partial charge in [0, 0.05) is 18.5 Å². The summed E-state index contributed by atoms with van der Waals surface area (Å²) in [5.41, 5.74) is 0.429. The Labute approximate surface area is 223 Å². The first-order chi connectivity index (χ1) is 18.9. The average molecular weight is 536 g/mol. The van der Waals surface area contributed by atoms with Gasteiger partial charge in [-0.1, -0.05) is 41.6 Å². The molecule has 0 aliphatic carbocycles. The second-order valence-electron chi connectivity index (χ2n) is 9.66. The van der Waals surface area contributed by atoms with Crippen LogP contribution in [0.25, 0.3) is 10.8 Å². The van der Waals surface area contributed by atoms with Gasteiger partial charge in [-0.3, -0.25) is 19.2 Å². The fraction of sp³-hybridized carbons (Fsp3) is 0.423. The number of piperidine rings is 1. The van der Waals surface area contributed by atoms with E-state index in [4.69, 9.17) is 4.74 Å². The molecule has 0 saturated carbocycles. The first-order valence-electron chi connectivity index (χ1n) is 12.9. The average Bonchev–Trinajstić information content (AvgIpc) is 3.58. The quantitative estimate of drug-likeness (QED) is 0.293. The van der Waals surface area contributed by atoms with Crippen molar-refractivity contribution < 1.29 is 29.0 Å². The normalized spacial score (nSPS) is 21.8. The van der Waals surface area contributed by atoms with E-state index in [1.54, 1.807) is 12.1 Å². The third-order valence-electron chi connectivity index (χ3n) is 7.08. The fourth-order valence-corrected chi connectivity index (χ4v) is 5.09. The van der Waals surface area contributed by atoms with Crippen molar-refractivity contribution in [3.63, 3.8) is 0 Å². The molecule has 3 amide bonds. The van der Waals surface area contributed by atoms with Crippen molar-refractivity contribution in [2.24, 2.45) is 0 Å². The van der Waals surface area contributed by atoms with E-state index in [1.807, 2.05) is 30.3 Å². The summed E-state index contributed by atoms with van der Waals surface area (Å²) in [4.78, 5) is 53.5. The molecular formula is C26H29N7O6. The monoisotopic (exact) mass is 535 g/mol. The van der Waals surface area contributed by atoms with Crippen LogP contribution in [0, 0.1) is 0 Å². The molecule has 2 saturated heterocycles. The number of fused-ring (bicyclic) bond motifs is 1. The lowest BCUT2D eigenvalue weighted by molar-refractivity contribution is -0.155. The molecule has 4 atom stereocenters. The number of tetrazole rings is 1. The number of esters is 1. The van der Waals surface area contributed by atoms with Gasteiger partial charge in [0.1, 0.15) is 18.1 Å². The van der Waals surface area contributed by atoms with Crippen LogP contribution >= 0.6 is 0 Å². The van der Waals surface area contributed by atoms with Crippen molar-refractivity contribution in [3.05, 3.63) is 53.9 Å². The van der Waals surface area contributed by atoms with Gasteiger partial charge in [0.15, 0.2) is 5.82 Å². The van der Waals surface area contributed by atoms with Gasteiger partial charge in [0.05, 0.1) is 6.42 Å². The van der Waals surface area contributed by atoms with E-state index >= 15 is 0 Å². The van der Waals surface area contributed by atoms with Crippen LogP contribution in [-0.4, -0.2) is 85.3 Å². The number of hydrogen-bond acceptors (Lipinski definition) is 9. The number of likely N-dealkylation sites (tertiary alicyclic amines) is 1. The van der Waals surface area contributed by atoms with Gasteiger partial charge >= 0.3 is 5.97 Å². The Hall–Kier alpha value is -4.39. The summed E-state index contributed by atoms with van der Waals surface area (Å²) in [6.07, 6.45) is 0.687. The Morgan fingerprint density at radius 1 is 1.15 bits per heavy atom. The summed E-state index contributed by atoms with van der Waals surface area (Å²) in [6.45, 7) is 0.322. The molecule has 0 spiro atoms. The Balaban J connectivity index is 1.36. The van der Waals surface area contributed by atoms with Crippen LogP contribution in [0.1, 0.15) is 48.3 Å². The number of rotatable bonds is 8. The number of ether oxygens (including phenoxy) is 1. The number of nitrogens with zero attached hydrogens (tertiary/aromatic N) is 4. The Morgan fingerprint density at radius 2 is 1.97 bits per heavy atom. The van der Waals surface area contributed by atoms with Gasteiger partial charge in [-0.05, 0) is 42.5 Å². The lowest BCUT2D eigenvalue weighted by Gasteiger charge is -2.37. The number of aliphatic hydroxyl groups is 1. The molecule has 204 valence electrons. The number of aromatic amines is 1. The van der Waals surface area contributed by atoms with E-state index in [0.717, 1.165) is 17.2 Å². The molecule has 3 aromatic rings. The number of benzene rings is 2. The van der Waals surface area contributed by atoms with Gasteiger partial charge in [-0.15, -0.1) is 10.2 Å². The number of nitrogens with one attached hydrogen (secondary N) is 3. The Bertz CT molecular complexity index is 1360. The van der Waals surface area contributed by atoms with Crippen LogP contribution in [0.4, 0.5) is 0 Å². The molecule has 2 fully saturated rings. The third kappa shape index (κ3) is 5.87. The van der Waals surface area contributed by atoms with Crippen LogP contribution < -0.4 is 10.6 Å². The minimum Gasteiger partial charge on any atom is -0.434 e. The maximum atomic E-state index is 13.9. The lowest BCUT2D eigenvalue weighted by atomic mass is 9.98. The SMILES string of the molecule is O=C1C[C@H](NC(=O)[C@@H]2CCCCN2C(=O)[C@H](CCc2nn[nH]n2)NC(=O)c2cccc3ccccc23)C(O)O1. The van der Waals surface area contributed by atoms with Crippen molar-refractivity contribution >= 4 is 34.5 Å². The highest BCUT2D eigenvalue weighted by Gasteiger charge is 2.40. The molecule has 2 aliphatic heterocycles. The largest absolute Gasteiger partial charge is 0.434 e. The molecule has 4 N–H and O–H groups in total. The minimum atomic E-state index is -1.43. The number of aliphatic hydroxyl groups excluding tert-OH is 1. The maximum Gasteiger partial charge on any atom is 0.310 e. The number of aromatic nitrogens is 4. The number of aryl methyl sites for hydroxylation is 1. The standard InChI is InChI=1S/C26H29N7O6/c34-22-14-19(26(38)39-22)28-24(36)20-10-3-4-13-33(20)25(37)18(11-12-21-29-31-32-30-21)27-23(35)17-9-5-7-15-6-1-2-8-16(15)17/h1-2,5-9,18-20,26,38H,3-4,10-14H2,(H,27,35)(H,28,36)(H,29,30,31,32)/t18-,19-,20-,26?/m0/s1. The second-order valence-corrected chi connectivity index (χ2v) is 9.66. The van der Waals surface area contributed by atoms with Crippen LogP contribution in [0.2, 0.25) is 0 Å². The summed E-state index contributed by atoms with van der Waals surface area (Å²) in [5.74, 6) is -1.53. The van der Waals surface area contributed by atoms with Crippen LogP contribution in [0.5, 0.6) is 0 Å². The van der Waals surface area contributed by atoms with E-state index in [2.05, 4.69) is 31.3 Å². The van der Waals surface area contributed by atoms with E-state index < -0.39 is 48.1 Å². The molecule has 0 bridgehead atoms. The zero-order valence-corrected chi connectivity index (χ0v) is 21.1. The van der Waals surface area contributed by atoms with Gasteiger partial charge in [0.2, 0.25) is 18.1 Å². The van der Waals surface area contributed by atoms with Crippen molar-refractivity contribution in [3.8, 4) is 0 Å². The molecule has 1 aromatic heterocycles. The van der Waals surface area contributed by atoms with Crippen LogP contribution in [0.15, 0.2) is 42.5 Å². The minimum absolute atomic E-state index is 0.151. The highest BCUT2D eigenvalue weighted by molar-refractivity contribution is 6.08. The second kappa shape index (κ2) is 11.6. The van der Waals surface area contributed by atoms with Gasteiger partial charge in [0.25, 0.3) is 5.91 Å². The number of hydrogen-bond donors (Lipinski definition) is 4. The van der Waals surface area contributed by atoms with Crippen molar-refractivity contribution in [2.75, 3.05) is 6.54 Å². The smallest absolute Gasteiger partial charge is 0.310 e. The number of amides is 3. The maximum absolute atomic E-state index is 13.9. The van der Waals surface area contributed by atoms with E-state index in [9.17, 15) is 24.3 Å². The zero-order valence-electron chi connectivity index (χ0n) is 21.1. The van der Waals surface area contributed by atoms with Crippen molar-refractivity contribution in [2.45, 2.75) is 62.9 Å². The van der Waals surface area contributed by atoms with Crippen molar-refractivity contribution in [1.82, 2.24) is 36.2 Å². The number of cyclic esters (lactones) is 1. The summed E-state index contributed by atoms with van der Waals surface area (Å²) >= 11 is 0. The highest BCUT2D eigenvalue weighted by Crippen LogP contribution is 2.22. The molecule has 13 heteroatoms. The Kier molecular flexibility index (Phi) is 7.77.